The highest BCUT2D eigenvalue weighted by molar-refractivity contribution is 5.55. The van der Waals surface area contributed by atoms with Crippen molar-refractivity contribution >= 4 is 0 Å². The number of fused-ring (bicyclic) bond motifs is 1. The lowest BCUT2D eigenvalue weighted by molar-refractivity contribution is -0.274. The number of nitrogens with two attached hydrogens (primary N) is 1. The molecule has 6 nitrogen and oxygen atoms in total. The summed E-state index contributed by atoms with van der Waals surface area (Å²) in [6.45, 7) is 1.99. The SMILES string of the molecule is CCCc1[nH]nc2c1[C@@H](c1ccc(OC(F)(F)F)cc1)C(C#N)=C(N)O2. The average molecular weight is 364 g/mol. The predicted molar refractivity (Wildman–Crippen MR) is 85.0 cm³/mol. The molecule has 136 valence electrons. The standard InChI is InChI=1S/C17H15F3N4O2/c1-2-3-12-14-13(11(8-21)15(22)25-16(14)24-23-12)9-4-6-10(7-5-9)26-17(18,19)20/h4-7,13H,2-3,22H2,1H3,(H,23,24)/t13-/m0/s1. The second-order valence-electron chi connectivity index (χ2n) is 5.71. The minimum atomic E-state index is -4.77. The number of nitrogens with one attached hydrogen (secondary N) is 1. The number of hydrogen-bond acceptors (Lipinski definition) is 5. The minimum absolute atomic E-state index is 0.0739. The largest absolute Gasteiger partial charge is 0.573 e. The molecule has 0 bridgehead atoms. The van der Waals surface area contributed by atoms with Gasteiger partial charge in [-0.25, -0.2) is 0 Å². The van der Waals surface area contributed by atoms with Gasteiger partial charge in [-0.1, -0.05) is 25.5 Å². The van der Waals surface area contributed by atoms with E-state index in [1.165, 1.54) is 24.3 Å². The zero-order chi connectivity index (χ0) is 18.9. The number of alkyl halides is 3. The lowest BCUT2D eigenvalue weighted by Crippen LogP contribution is -2.21. The van der Waals surface area contributed by atoms with Gasteiger partial charge in [0.05, 0.1) is 5.92 Å². The maximum atomic E-state index is 12.3. The quantitative estimate of drug-likeness (QED) is 0.866. The molecule has 1 aliphatic heterocycles. The van der Waals surface area contributed by atoms with E-state index >= 15 is 0 Å². The molecule has 1 aliphatic rings. The van der Waals surface area contributed by atoms with Crippen LogP contribution in [-0.4, -0.2) is 16.6 Å². The Morgan fingerprint density at radius 1 is 1.35 bits per heavy atom. The van der Waals surface area contributed by atoms with E-state index in [9.17, 15) is 18.4 Å². The van der Waals surface area contributed by atoms with Crippen molar-refractivity contribution in [3.8, 4) is 17.7 Å². The van der Waals surface area contributed by atoms with E-state index in [4.69, 9.17) is 10.5 Å². The summed E-state index contributed by atoms with van der Waals surface area (Å²) >= 11 is 0. The molecule has 0 radical (unpaired) electrons. The molecule has 1 atom stereocenters. The third-order valence-corrected chi connectivity index (χ3v) is 3.96. The molecule has 26 heavy (non-hydrogen) atoms. The predicted octanol–water partition coefficient (Wildman–Crippen LogP) is 3.48. The van der Waals surface area contributed by atoms with Gasteiger partial charge in [-0.15, -0.1) is 18.3 Å². The number of aromatic nitrogens is 2. The Hall–Kier alpha value is -3.15. The lowest BCUT2D eigenvalue weighted by Gasteiger charge is -2.24. The number of nitriles is 1. The molecule has 0 saturated carbocycles. The zero-order valence-corrected chi connectivity index (χ0v) is 13.7. The maximum absolute atomic E-state index is 12.3. The molecule has 0 unspecified atom stereocenters. The van der Waals surface area contributed by atoms with Gasteiger partial charge in [0.2, 0.25) is 11.8 Å². The molecule has 0 saturated heterocycles. The molecule has 1 aromatic heterocycles. The Bertz CT molecular complexity index is 879. The Labute approximate surface area is 147 Å². The Balaban J connectivity index is 2.05. The monoisotopic (exact) mass is 364 g/mol. The number of rotatable bonds is 4. The van der Waals surface area contributed by atoms with Crippen LogP contribution in [0.25, 0.3) is 0 Å². The fourth-order valence-electron chi connectivity index (χ4n) is 2.94. The summed E-state index contributed by atoms with van der Waals surface area (Å²) in [5.74, 6) is -0.727. The number of ether oxygens (including phenoxy) is 2. The molecule has 3 N–H and O–H groups in total. The summed E-state index contributed by atoms with van der Waals surface area (Å²) in [4.78, 5) is 0. The number of benzene rings is 1. The van der Waals surface area contributed by atoms with Crippen molar-refractivity contribution in [2.24, 2.45) is 5.73 Å². The number of nitrogens with zero attached hydrogens (tertiary/aromatic N) is 2. The van der Waals surface area contributed by atoms with Crippen molar-refractivity contribution < 1.29 is 22.6 Å². The highest BCUT2D eigenvalue weighted by atomic mass is 19.4. The second kappa shape index (κ2) is 6.63. The number of aromatic amines is 1. The number of hydrogen-bond donors (Lipinski definition) is 2. The van der Waals surface area contributed by atoms with E-state index in [2.05, 4.69) is 14.9 Å². The maximum Gasteiger partial charge on any atom is 0.573 e. The number of H-pyrrole nitrogens is 1. The van der Waals surface area contributed by atoms with Crippen LogP contribution in [0.5, 0.6) is 11.6 Å². The van der Waals surface area contributed by atoms with Gasteiger partial charge < -0.3 is 15.2 Å². The molecule has 0 amide bonds. The third-order valence-electron chi connectivity index (χ3n) is 3.96. The summed E-state index contributed by atoms with van der Waals surface area (Å²) in [5, 5.41) is 16.5. The van der Waals surface area contributed by atoms with E-state index in [-0.39, 0.29) is 23.1 Å². The summed E-state index contributed by atoms with van der Waals surface area (Å²) in [5.41, 5.74) is 8.07. The lowest BCUT2D eigenvalue weighted by atomic mass is 9.83. The van der Waals surface area contributed by atoms with Crippen LogP contribution < -0.4 is 15.2 Å². The first-order chi connectivity index (χ1) is 12.3. The van der Waals surface area contributed by atoms with Crippen molar-refractivity contribution in [1.29, 1.82) is 5.26 Å². The van der Waals surface area contributed by atoms with Crippen LogP contribution in [0.15, 0.2) is 35.7 Å². The van der Waals surface area contributed by atoms with Crippen molar-refractivity contribution in [2.75, 3.05) is 0 Å². The molecule has 9 heteroatoms. The molecule has 0 fully saturated rings. The van der Waals surface area contributed by atoms with E-state index in [0.29, 0.717) is 17.5 Å². The van der Waals surface area contributed by atoms with E-state index in [1.807, 2.05) is 13.0 Å². The fourth-order valence-corrected chi connectivity index (χ4v) is 2.94. The van der Waals surface area contributed by atoms with E-state index in [1.54, 1.807) is 0 Å². The van der Waals surface area contributed by atoms with Gasteiger partial charge in [0.25, 0.3) is 0 Å². The van der Waals surface area contributed by atoms with E-state index < -0.39 is 12.3 Å². The summed E-state index contributed by atoms with van der Waals surface area (Å²) in [6, 6.07) is 7.36. The third kappa shape index (κ3) is 3.31. The topological polar surface area (TPSA) is 97.0 Å². The molecule has 2 aromatic rings. The van der Waals surface area contributed by atoms with Crippen LogP contribution >= 0.6 is 0 Å². The minimum Gasteiger partial charge on any atom is -0.420 e. The first-order valence-corrected chi connectivity index (χ1v) is 7.84. The van der Waals surface area contributed by atoms with Gasteiger partial charge in [0.15, 0.2) is 0 Å². The Kier molecular flexibility index (Phi) is 4.50. The Morgan fingerprint density at radius 3 is 2.62 bits per heavy atom. The van der Waals surface area contributed by atoms with Crippen molar-refractivity contribution in [3.63, 3.8) is 0 Å². The van der Waals surface area contributed by atoms with Gasteiger partial charge in [0.1, 0.15) is 17.4 Å². The number of aryl methyl sites for hydroxylation is 1. The normalized spacial score (nSPS) is 16.7. The zero-order valence-electron chi connectivity index (χ0n) is 13.7. The van der Waals surface area contributed by atoms with Gasteiger partial charge >= 0.3 is 6.36 Å². The number of allylic oxidation sites excluding steroid dienone is 1. The van der Waals surface area contributed by atoms with Gasteiger partial charge in [-0.2, -0.15) is 5.26 Å². The van der Waals surface area contributed by atoms with Crippen LogP contribution in [0, 0.1) is 11.3 Å². The van der Waals surface area contributed by atoms with Crippen molar-refractivity contribution in [1.82, 2.24) is 10.2 Å². The molecular weight excluding hydrogens is 349 g/mol. The van der Waals surface area contributed by atoms with Crippen LogP contribution in [0.2, 0.25) is 0 Å². The van der Waals surface area contributed by atoms with Crippen molar-refractivity contribution in [3.05, 3.63) is 52.5 Å². The van der Waals surface area contributed by atoms with E-state index in [0.717, 1.165) is 12.1 Å². The summed E-state index contributed by atoms with van der Waals surface area (Å²) in [7, 11) is 0. The molecule has 2 heterocycles. The molecule has 0 spiro atoms. The van der Waals surface area contributed by atoms with Crippen LogP contribution in [0.1, 0.15) is 36.1 Å². The van der Waals surface area contributed by atoms with Crippen molar-refractivity contribution in [2.45, 2.75) is 32.0 Å². The molecule has 1 aromatic carbocycles. The van der Waals surface area contributed by atoms with Gasteiger partial charge in [-0.05, 0) is 24.1 Å². The van der Waals surface area contributed by atoms with Crippen LogP contribution in [0.3, 0.4) is 0 Å². The van der Waals surface area contributed by atoms with Gasteiger partial charge in [0, 0.05) is 11.3 Å². The fraction of sp³-hybridized carbons (Fsp3) is 0.294. The molecule has 3 rings (SSSR count). The second-order valence-corrected chi connectivity index (χ2v) is 5.71. The highest BCUT2D eigenvalue weighted by Gasteiger charge is 2.35. The summed E-state index contributed by atoms with van der Waals surface area (Å²) < 4.78 is 46.3. The highest BCUT2D eigenvalue weighted by Crippen LogP contribution is 2.43. The van der Waals surface area contributed by atoms with Crippen LogP contribution in [-0.2, 0) is 6.42 Å². The molecular formula is C17H15F3N4O2. The van der Waals surface area contributed by atoms with Gasteiger partial charge in [-0.3, -0.25) is 5.10 Å². The molecule has 0 aliphatic carbocycles. The first-order valence-electron chi connectivity index (χ1n) is 7.84. The smallest absolute Gasteiger partial charge is 0.420 e. The summed E-state index contributed by atoms with van der Waals surface area (Å²) in [6.07, 6.45) is -3.26. The first kappa shape index (κ1) is 17.7. The average Bonchev–Trinajstić information content (AvgIpc) is 2.96. The number of halogens is 3. The van der Waals surface area contributed by atoms with Crippen LogP contribution in [0.4, 0.5) is 13.2 Å². The Morgan fingerprint density at radius 2 is 2.04 bits per heavy atom.